The first kappa shape index (κ1) is 18.9. The summed E-state index contributed by atoms with van der Waals surface area (Å²) in [4.78, 5) is 38.3. The van der Waals surface area contributed by atoms with E-state index in [1.54, 1.807) is 30.3 Å². The monoisotopic (exact) mass is 404 g/mol. The molecule has 3 rings (SSSR count). The van der Waals surface area contributed by atoms with Gasteiger partial charge in [-0.3, -0.25) is 9.59 Å². The zero-order valence-electron chi connectivity index (χ0n) is 14.4. The molecular formula is C19H14Cl2N2O4. The summed E-state index contributed by atoms with van der Waals surface area (Å²) in [6, 6.07) is 11.2. The highest BCUT2D eigenvalue weighted by molar-refractivity contribution is 6.53. The molecule has 0 unspecified atom stereocenters. The SMILES string of the molecule is COC(=O)c1ccccc1N1C(=O)C(Cl)=C(Nc2ccc(C)c(Cl)c2)C1=O. The molecule has 0 atom stereocenters. The first-order valence-corrected chi connectivity index (χ1v) is 8.59. The second kappa shape index (κ2) is 7.42. The van der Waals surface area contributed by atoms with Crippen LogP contribution in [0.15, 0.2) is 53.2 Å². The van der Waals surface area contributed by atoms with Crippen LogP contribution >= 0.6 is 23.2 Å². The lowest BCUT2D eigenvalue weighted by atomic mass is 10.1. The predicted octanol–water partition coefficient (Wildman–Crippen LogP) is 3.87. The van der Waals surface area contributed by atoms with Gasteiger partial charge in [-0.15, -0.1) is 0 Å². The van der Waals surface area contributed by atoms with E-state index in [0.717, 1.165) is 10.5 Å². The van der Waals surface area contributed by atoms with E-state index in [0.29, 0.717) is 10.7 Å². The standard InChI is InChI=1S/C19H14Cl2N2O4/c1-10-7-8-11(9-13(10)20)22-16-15(21)17(24)23(18(16)25)14-6-4-3-5-12(14)19(26)27-2/h3-9,22H,1-2H3. The number of nitrogens with zero attached hydrogens (tertiary/aromatic N) is 1. The molecule has 0 saturated heterocycles. The minimum atomic E-state index is -0.737. The van der Waals surface area contributed by atoms with Gasteiger partial charge in [-0.05, 0) is 36.8 Å². The fraction of sp³-hybridized carbons (Fsp3) is 0.105. The number of methoxy groups -OCH3 is 1. The number of halogens is 2. The van der Waals surface area contributed by atoms with Crippen molar-refractivity contribution in [2.45, 2.75) is 6.92 Å². The summed E-state index contributed by atoms with van der Waals surface area (Å²) in [6.07, 6.45) is 0. The fourth-order valence-electron chi connectivity index (χ4n) is 2.60. The summed E-state index contributed by atoms with van der Waals surface area (Å²) in [6.45, 7) is 1.84. The van der Waals surface area contributed by atoms with Gasteiger partial charge in [0, 0.05) is 10.7 Å². The van der Waals surface area contributed by atoms with Crippen LogP contribution in [0.5, 0.6) is 0 Å². The first-order chi connectivity index (χ1) is 12.8. The number of amides is 2. The maximum atomic E-state index is 12.9. The van der Waals surface area contributed by atoms with E-state index in [-0.39, 0.29) is 22.0 Å². The third kappa shape index (κ3) is 3.41. The Kier molecular flexibility index (Phi) is 5.21. The molecule has 27 heavy (non-hydrogen) atoms. The van der Waals surface area contributed by atoms with Gasteiger partial charge in [0.25, 0.3) is 11.8 Å². The Morgan fingerprint density at radius 2 is 1.78 bits per heavy atom. The molecule has 0 bridgehead atoms. The summed E-state index contributed by atoms with van der Waals surface area (Å²) in [5.41, 5.74) is 1.44. The third-order valence-electron chi connectivity index (χ3n) is 4.02. The smallest absolute Gasteiger partial charge is 0.339 e. The Labute approximate surface area is 165 Å². The number of nitrogens with one attached hydrogen (secondary N) is 1. The van der Waals surface area contributed by atoms with Gasteiger partial charge >= 0.3 is 5.97 Å². The lowest BCUT2D eigenvalue weighted by molar-refractivity contribution is -0.120. The summed E-state index contributed by atoms with van der Waals surface area (Å²) in [7, 11) is 1.21. The van der Waals surface area contributed by atoms with Gasteiger partial charge in [0.2, 0.25) is 0 Å². The number of aryl methyl sites for hydroxylation is 1. The number of carbonyl (C=O) groups is 3. The van der Waals surface area contributed by atoms with Crippen molar-refractivity contribution in [1.82, 2.24) is 0 Å². The van der Waals surface area contributed by atoms with E-state index in [9.17, 15) is 14.4 Å². The Bertz CT molecular complexity index is 1000. The van der Waals surface area contributed by atoms with Gasteiger partial charge in [-0.25, -0.2) is 9.69 Å². The van der Waals surface area contributed by atoms with Crippen molar-refractivity contribution < 1.29 is 19.1 Å². The van der Waals surface area contributed by atoms with Crippen molar-refractivity contribution >= 4 is 52.4 Å². The fourth-order valence-corrected chi connectivity index (χ4v) is 2.99. The number of benzene rings is 2. The van der Waals surface area contributed by atoms with Crippen LogP contribution < -0.4 is 10.2 Å². The van der Waals surface area contributed by atoms with Crippen LogP contribution in [0.25, 0.3) is 0 Å². The van der Waals surface area contributed by atoms with Gasteiger partial charge in [0.1, 0.15) is 10.7 Å². The molecule has 6 nitrogen and oxygen atoms in total. The Hall–Kier alpha value is -2.83. The van der Waals surface area contributed by atoms with Crippen LogP contribution in [0.1, 0.15) is 15.9 Å². The minimum Gasteiger partial charge on any atom is -0.465 e. The number of hydrogen-bond acceptors (Lipinski definition) is 5. The molecule has 0 aromatic heterocycles. The molecule has 1 aliphatic heterocycles. The molecule has 1 aliphatic rings. The Balaban J connectivity index is 1.97. The zero-order chi connectivity index (χ0) is 19.7. The minimum absolute atomic E-state index is 0.0748. The number of para-hydroxylation sites is 1. The molecule has 0 aliphatic carbocycles. The van der Waals surface area contributed by atoms with E-state index in [1.165, 1.54) is 19.2 Å². The van der Waals surface area contributed by atoms with Crippen molar-refractivity contribution in [3.63, 3.8) is 0 Å². The van der Waals surface area contributed by atoms with Crippen molar-refractivity contribution in [3.8, 4) is 0 Å². The van der Waals surface area contributed by atoms with E-state index in [1.807, 2.05) is 6.92 Å². The first-order valence-electron chi connectivity index (χ1n) is 7.84. The highest BCUT2D eigenvalue weighted by Gasteiger charge is 2.40. The molecule has 2 aromatic rings. The van der Waals surface area contributed by atoms with Gasteiger partial charge < -0.3 is 10.1 Å². The van der Waals surface area contributed by atoms with Crippen molar-refractivity contribution in [2.75, 3.05) is 17.3 Å². The van der Waals surface area contributed by atoms with Gasteiger partial charge in [-0.2, -0.15) is 0 Å². The number of anilines is 2. The van der Waals surface area contributed by atoms with Gasteiger partial charge in [0.05, 0.1) is 18.4 Å². The number of rotatable bonds is 4. The van der Waals surface area contributed by atoms with E-state index >= 15 is 0 Å². The summed E-state index contributed by atoms with van der Waals surface area (Å²) < 4.78 is 4.72. The molecule has 0 radical (unpaired) electrons. The molecule has 0 spiro atoms. The maximum Gasteiger partial charge on any atom is 0.339 e. The number of hydrogen-bond donors (Lipinski definition) is 1. The molecular weight excluding hydrogens is 391 g/mol. The van der Waals surface area contributed by atoms with Crippen LogP contribution in [0.2, 0.25) is 5.02 Å². The maximum absolute atomic E-state index is 12.9. The zero-order valence-corrected chi connectivity index (χ0v) is 15.9. The van der Waals surface area contributed by atoms with Crippen LogP contribution in [0.4, 0.5) is 11.4 Å². The third-order valence-corrected chi connectivity index (χ3v) is 4.78. The molecule has 0 fully saturated rings. The summed E-state index contributed by atoms with van der Waals surface area (Å²) >= 11 is 12.2. The average molecular weight is 405 g/mol. The van der Waals surface area contributed by atoms with E-state index in [4.69, 9.17) is 27.9 Å². The number of carbonyl (C=O) groups excluding carboxylic acids is 3. The number of esters is 1. The number of imide groups is 1. The molecule has 0 saturated carbocycles. The van der Waals surface area contributed by atoms with Gasteiger partial charge in [0.15, 0.2) is 0 Å². The molecule has 1 heterocycles. The van der Waals surface area contributed by atoms with E-state index in [2.05, 4.69) is 5.32 Å². The molecule has 138 valence electrons. The second-order valence-corrected chi connectivity index (χ2v) is 6.52. The van der Waals surface area contributed by atoms with Crippen molar-refractivity contribution in [1.29, 1.82) is 0 Å². The normalized spacial score (nSPS) is 14.0. The van der Waals surface area contributed by atoms with Crippen molar-refractivity contribution in [3.05, 3.63) is 69.3 Å². The Morgan fingerprint density at radius 3 is 2.44 bits per heavy atom. The summed E-state index contributed by atoms with van der Waals surface area (Å²) in [5, 5.41) is 3.06. The summed E-state index contributed by atoms with van der Waals surface area (Å²) in [5.74, 6) is -2.09. The lowest BCUT2D eigenvalue weighted by Gasteiger charge is -2.18. The topological polar surface area (TPSA) is 75.7 Å². The average Bonchev–Trinajstić information content (AvgIpc) is 2.87. The highest BCUT2D eigenvalue weighted by Crippen LogP contribution is 2.33. The van der Waals surface area contributed by atoms with Crippen LogP contribution in [0, 0.1) is 6.92 Å². The van der Waals surface area contributed by atoms with Crippen LogP contribution in [-0.2, 0) is 14.3 Å². The van der Waals surface area contributed by atoms with Crippen molar-refractivity contribution in [2.24, 2.45) is 0 Å². The molecule has 1 N–H and O–H groups in total. The van der Waals surface area contributed by atoms with Gasteiger partial charge in [-0.1, -0.05) is 41.4 Å². The predicted molar refractivity (Wildman–Crippen MR) is 103 cm³/mol. The number of ether oxygens (including phenoxy) is 1. The van der Waals surface area contributed by atoms with Crippen LogP contribution in [-0.4, -0.2) is 24.9 Å². The highest BCUT2D eigenvalue weighted by atomic mass is 35.5. The molecule has 8 heteroatoms. The quantitative estimate of drug-likeness (QED) is 0.618. The molecule has 2 amide bonds. The van der Waals surface area contributed by atoms with Crippen LogP contribution in [0.3, 0.4) is 0 Å². The molecule has 2 aromatic carbocycles. The Morgan fingerprint density at radius 1 is 1.07 bits per heavy atom. The largest absolute Gasteiger partial charge is 0.465 e. The lowest BCUT2D eigenvalue weighted by Crippen LogP contribution is -2.33. The second-order valence-electron chi connectivity index (χ2n) is 5.73. The van der Waals surface area contributed by atoms with E-state index < -0.39 is 17.8 Å².